The number of para-hydroxylation sites is 1. The lowest BCUT2D eigenvalue weighted by Crippen LogP contribution is -2.44. The van der Waals surface area contributed by atoms with Gasteiger partial charge in [0.25, 0.3) is 0 Å². The van der Waals surface area contributed by atoms with Gasteiger partial charge in [0.2, 0.25) is 5.91 Å². The average Bonchev–Trinajstić information content (AvgIpc) is 2.28. The van der Waals surface area contributed by atoms with E-state index in [-0.39, 0.29) is 18.1 Å². The van der Waals surface area contributed by atoms with Crippen LogP contribution in [0.5, 0.6) is 5.75 Å². The van der Waals surface area contributed by atoms with Crippen LogP contribution in [0.1, 0.15) is 19.4 Å². The van der Waals surface area contributed by atoms with Crippen LogP contribution >= 0.6 is 0 Å². The first kappa shape index (κ1) is 14.0. The third-order valence-electron chi connectivity index (χ3n) is 2.59. The molecule has 0 radical (unpaired) electrons. The molecule has 1 amide bonds. The van der Waals surface area contributed by atoms with Crippen molar-refractivity contribution in [2.24, 2.45) is 5.92 Å². The number of nitrogens with one attached hydrogen (secondary N) is 1. The summed E-state index contributed by atoms with van der Waals surface area (Å²) in [6.07, 6.45) is -0.0385. The summed E-state index contributed by atoms with van der Waals surface area (Å²) in [4.78, 5) is 22.6. The van der Waals surface area contributed by atoms with E-state index in [9.17, 15) is 14.7 Å². The van der Waals surface area contributed by atoms with Gasteiger partial charge in [0.1, 0.15) is 11.8 Å². The highest BCUT2D eigenvalue weighted by Gasteiger charge is 2.23. The van der Waals surface area contributed by atoms with Crippen LogP contribution in [0, 0.1) is 5.92 Å². The van der Waals surface area contributed by atoms with Crippen LogP contribution < -0.4 is 5.32 Å². The number of aliphatic carboxylic acids is 1. The van der Waals surface area contributed by atoms with Gasteiger partial charge in [-0.1, -0.05) is 32.0 Å². The number of hydrogen-bond acceptors (Lipinski definition) is 3. The summed E-state index contributed by atoms with van der Waals surface area (Å²) in [5.41, 5.74) is 0.475. The first-order valence-corrected chi connectivity index (χ1v) is 5.71. The Morgan fingerprint density at radius 2 is 1.89 bits per heavy atom. The number of carbonyl (C=O) groups excluding carboxylic acids is 1. The van der Waals surface area contributed by atoms with Gasteiger partial charge in [-0.15, -0.1) is 0 Å². The van der Waals surface area contributed by atoms with Gasteiger partial charge in [0.15, 0.2) is 0 Å². The number of phenols is 1. The van der Waals surface area contributed by atoms with Crippen LogP contribution in [0.2, 0.25) is 0 Å². The molecule has 0 spiro atoms. The molecule has 0 fully saturated rings. The largest absolute Gasteiger partial charge is 0.508 e. The number of carboxylic acid groups (broad SMARTS) is 1. The SMILES string of the molecule is CC(C)C(NC(=O)Cc1ccccc1O)C(=O)O. The smallest absolute Gasteiger partial charge is 0.326 e. The van der Waals surface area contributed by atoms with E-state index in [0.717, 1.165) is 0 Å². The fraction of sp³-hybridized carbons (Fsp3) is 0.385. The molecule has 1 unspecified atom stereocenters. The molecular weight excluding hydrogens is 234 g/mol. The second-order valence-electron chi connectivity index (χ2n) is 4.43. The van der Waals surface area contributed by atoms with Gasteiger partial charge in [-0.05, 0) is 12.0 Å². The number of amides is 1. The van der Waals surface area contributed by atoms with E-state index in [2.05, 4.69) is 5.32 Å². The maximum atomic E-state index is 11.7. The van der Waals surface area contributed by atoms with Gasteiger partial charge in [-0.2, -0.15) is 0 Å². The summed E-state index contributed by atoms with van der Waals surface area (Å²) in [5, 5.41) is 20.9. The summed E-state index contributed by atoms with van der Waals surface area (Å²) in [7, 11) is 0. The number of aromatic hydroxyl groups is 1. The van der Waals surface area contributed by atoms with Gasteiger partial charge >= 0.3 is 5.97 Å². The Labute approximate surface area is 105 Å². The van der Waals surface area contributed by atoms with Crippen molar-refractivity contribution >= 4 is 11.9 Å². The van der Waals surface area contributed by atoms with Gasteiger partial charge in [-0.3, -0.25) is 4.79 Å². The molecule has 0 heterocycles. The molecular formula is C13H17NO4. The fourth-order valence-corrected chi connectivity index (χ4v) is 1.57. The van der Waals surface area contributed by atoms with Crippen molar-refractivity contribution in [3.63, 3.8) is 0 Å². The first-order chi connectivity index (χ1) is 8.41. The van der Waals surface area contributed by atoms with E-state index in [1.165, 1.54) is 6.07 Å². The molecule has 0 saturated heterocycles. The van der Waals surface area contributed by atoms with Gasteiger partial charge < -0.3 is 15.5 Å². The lowest BCUT2D eigenvalue weighted by atomic mass is 10.0. The maximum absolute atomic E-state index is 11.7. The minimum Gasteiger partial charge on any atom is -0.508 e. The zero-order valence-electron chi connectivity index (χ0n) is 10.4. The monoisotopic (exact) mass is 251 g/mol. The minimum absolute atomic E-state index is 0.0315. The highest BCUT2D eigenvalue weighted by molar-refractivity contribution is 5.85. The van der Waals surface area contributed by atoms with Crippen molar-refractivity contribution in [1.29, 1.82) is 0 Å². The van der Waals surface area contributed by atoms with Crippen LogP contribution in [0.3, 0.4) is 0 Å². The molecule has 98 valence electrons. The third kappa shape index (κ3) is 3.76. The molecule has 0 saturated carbocycles. The number of carbonyl (C=O) groups is 2. The molecule has 5 heteroatoms. The number of benzene rings is 1. The van der Waals surface area contributed by atoms with Crippen molar-refractivity contribution in [2.75, 3.05) is 0 Å². The predicted molar refractivity (Wildman–Crippen MR) is 66.2 cm³/mol. The van der Waals surface area contributed by atoms with Gasteiger partial charge in [0.05, 0.1) is 6.42 Å². The van der Waals surface area contributed by atoms with Crippen LogP contribution in [0.25, 0.3) is 0 Å². The van der Waals surface area contributed by atoms with Crippen LogP contribution in [-0.2, 0) is 16.0 Å². The van der Waals surface area contributed by atoms with Crippen molar-refractivity contribution in [3.05, 3.63) is 29.8 Å². The predicted octanol–water partition coefficient (Wildman–Crippen LogP) is 1.16. The molecule has 1 atom stereocenters. The molecule has 0 aliphatic carbocycles. The molecule has 0 aliphatic rings. The van der Waals surface area contributed by atoms with E-state index in [0.29, 0.717) is 5.56 Å². The number of hydrogen-bond donors (Lipinski definition) is 3. The van der Waals surface area contributed by atoms with Crippen LogP contribution in [0.4, 0.5) is 0 Å². The lowest BCUT2D eigenvalue weighted by molar-refractivity contribution is -0.143. The second-order valence-corrected chi connectivity index (χ2v) is 4.43. The lowest BCUT2D eigenvalue weighted by Gasteiger charge is -2.18. The van der Waals surface area contributed by atoms with E-state index in [4.69, 9.17) is 5.11 Å². The molecule has 1 aromatic carbocycles. The highest BCUT2D eigenvalue weighted by Crippen LogP contribution is 2.16. The van der Waals surface area contributed by atoms with E-state index >= 15 is 0 Å². The Kier molecular flexibility index (Phi) is 4.71. The minimum atomic E-state index is -1.06. The van der Waals surface area contributed by atoms with E-state index in [1.54, 1.807) is 32.0 Å². The Hall–Kier alpha value is -2.04. The first-order valence-electron chi connectivity index (χ1n) is 5.71. The maximum Gasteiger partial charge on any atom is 0.326 e. The Morgan fingerprint density at radius 1 is 1.28 bits per heavy atom. The molecule has 18 heavy (non-hydrogen) atoms. The topological polar surface area (TPSA) is 86.6 Å². The van der Waals surface area contributed by atoms with Gasteiger partial charge in [0, 0.05) is 5.56 Å². The van der Waals surface area contributed by atoms with Crippen LogP contribution in [0.15, 0.2) is 24.3 Å². The number of carboxylic acids is 1. The molecule has 0 bridgehead atoms. The summed E-state index contributed by atoms with van der Waals surface area (Å²) in [6.45, 7) is 3.44. The molecule has 1 aromatic rings. The van der Waals surface area contributed by atoms with E-state index in [1.807, 2.05) is 0 Å². The van der Waals surface area contributed by atoms with Crippen molar-refractivity contribution in [3.8, 4) is 5.75 Å². The molecule has 3 N–H and O–H groups in total. The molecule has 0 aliphatic heterocycles. The summed E-state index contributed by atoms with van der Waals surface area (Å²) in [5.74, 6) is -1.65. The molecule has 1 rings (SSSR count). The standard InChI is InChI=1S/C13H17NO4/c1-8(2)12(13(17)18)14-11(16)7-9-5-3-4-6-10(9)15/h3-6,8,12,15H,7H2,1-2H3,(H,14,16)(H,17,18). The normalized spacial score (nSPS) is 12.2. The fourth-order valence-electron chi connectivity index (χ4n) is 1.57. The quantitative estimate of drug-likeness (QED) is 0.733. The third-order valence-corrected chi connectivity index (χ3v) is 2.59. The van der Waals surface area contributed by atoms with E-state index < -0.39 is 17.9 Å². The Bertz CT molecular complexity index is 442. The summed E-state index contributed by atoms with van der Waals surface area (Å²) < 4.78 is 0. The summed E-state index contributed by atoms with van der Waals surface area (Å²) in [6, 6.07) is 5.56. The summed E-state index contributed by atoms with van der Waals surface area (Å²) >= 11 is 0. The van der Waals surface area contributed by atoms with Crippen LogP contribution in [-0.4, -0.2) is 28.1 Å². The van der Waals surface area contributed by atoms with Crippen molar-refractivity contribution in [1.82, 2.24) is 5.32 Å². The zero-order chi connectivity index (χ0) is 13.7. The second kappa shape index (κ2) is 6.05. The van der Waals surface area contributed by atoms with Gasteiger partial charge in [-0.25, -0.2) is 4.79 Å². The number of rotatable bonds is 5. The molecule has 0 aromatic heterocycles. The highest BCUT2D eigenvalue weighted by atomic mass is 16.4. The van der Waals surface area contributed by atoms with Crippen molar-refractivity contribution < 1.29 is 19.8 Å². The Morgan fingerprint density at radius 3 is 2.39 bits per heavy atom. The average molecular weight is 251 g/mol. The van der Waals surface area contributed by atoms with Crippen molar-refractivity contribution in [2.45, 2.75) is 26.3 Å². The molecule has 5 nitrogen and oxygen atoms in total. The Balaban J connectivity index is 2.67. The zero-order valence-corrected chi connectivity index (χ0v) is 10.4. The number of phenolic OH excluding ortho intramolecular Hbond substituents is 1.